The number of nitrogens with zero attached hydrogens (tertiary/aromatic N) is 2. The van der Waals surface area contributed by atoms with E-state index in [9.17, 15) is 9.59 Å². The zero-order chi connectivity index (χ0) is 18.6. The van der Waals surface area contributed by atoms with E-state index in [-0.39, 0.29) is 31.0 Å². The van der Waals surface area contributed by atoms with Crippen LogP contribution in [-0.4, -0.2) is 80.3 Å². The summed E-state index contributed by atoms with van der Waals surface area (Å²) in [6, 6.07) is 4.77. The molecule has 1 aromatic carbocycles. The summed E-state index contributed by atoms with van der Waals surface area (Å²) in [6.45, 7) is 6.24. The molecule has 2 saturated heterocycles. The Hall–Kier alpha value is -2.03. The van der Waals surface area contributed by atoms with Gasteiger partial charge in [-0.3, -0.25) is 14.5 Å². The maximum atomic E-state index is 12.9. The zero-order valence-corrected chi connectivity index (χ0v) is 16.6. The van der Waals surface area contributed by atoms with Gasteiger partial charge in [-0.1, -0.05) is 0 Å². The second-order valence-electron chi connectivity index (χ2n) is 7.11. The highest BCUT2D eigenvalue weighted by atomic mass is 35.5. The number of ether oxygens (including phenoxy) is 2. The van der Waals surface area contributed by atoms with Crippen molar-refractivity contribution >= 4 is 24.2 Å². The van der Waals surface area contributed by atoms with E-state index in [4.69, 9.17) is 9.47 Å². The van der Waals surface area contributed by atoms with Crippen molar-refractivity contribution < 1.29 is 19.1 Å². The van der Waals surface area contributed by atoms with Crippen LogP contribution in [0.25, 0.3) is 0 Å². The van der Waals surface area contributed by atoms with Crippen molar-refractivity contribution in [2.45, 2.75) is 18.9 Å². The number of hydrogen-bond donors (Lipinski definition) is 2. The van der Waals surface area contributed by atoms with Crippen LogP contribution in [0.15, 0.2) is 18.2 Å². The Balaban J connectivity index is 0.00000225. The second kappa shape index (κ2) is 9.45. The molecule has 2 fully saturated rings. The molecule has 1 unspecified atom stereocenters. The molecule has 0 bridgehead atoms. The molecule has 154 valence electrons. The lowest BCUT2D eigenvalue weighted by atomic mass is 10.1. The first-order valence-corrected chi connectivity index (χ1v) is 9.64. The summed E-state index contributed by atoms with van der Waals surface area (Å²) >= 11 is 0. The van der Waals surface area contributed by atoms with Crippen LogP contribution in [0, 0.1) is 0 Å². The summed E-state index contributed by atoms with van der Waals surface area (Å²) < 4.78 is 10.6. The van der Waals surface area contributed by atoms with Crippen LogP contribution in [-0.2, 0) is 4.79 Å². The minimum atomic E-state index is -0.397. The van der Waals surface area contributed by atoms with Gasteiger partial charge in [0, 0.05) is 51.4 Å². The maximum absolute atomic E-state index is 12.9. The average Bonchev–Trinajstić information content (AvgIpc) is 3.37. The smallest absolute Gasteiger partial charge is 0.254 e. The molecular formula is C19H27ClN4O4. The van der Waals surface area contributed by atoms with Gasteiger partial charge < -0.3 is 25.0 Å². The average molecular weight is 411 g/mol. The SMILES string of the molecule is Cl.O=C(NCCN1CCNCC1)C1CCCN1C(=O)c1ccc2c(c1)OCO2. The van der Waals surface area contributed by atoms with Crippen molar-refractivity contribution in [3.8, 4) is 11.5 Å². The van der Waals surface area contributed by atoms with Gasteiger partial charge >= 0.3 is 0 Å². The number of rotatable bonds is 5. The minimum absolute atomic E-state index is 0. The summed E-state index contributed by atoms with van der Waals surface area (Å²) in [5.74, 6) is 1.04. The van der Waals surface area contributed by atoms with Gasteiger partial charge in [-0.2, -0.15) is 0 Å². The summed E-state index contributed by atoms with van der Waals surface area (Å²) in [6.07, 6.45) is 1.54. The minimum Gasteiger partial charge on any atom is -0.454 e. The first kappa shape index (κ1) is 20.7. The van der Waals surface area contributed by atoms with Crippen molar-refractivity contribution in [2.75, 3.05) is 52.6 Å². The lowest BCUT2D eigenvalue weighted by Crippen LogP contribution is -2.49. The third kappa shape index (κ3) is 4.51. The van der Waals surface area contributed by atoms with Crippen molar-refractivity contribution in [2.24, 2.45) is 0 Å². The number of piperazine rings is 1. The van der Waals surface area contributed by atoms with E-state index < -0.39 is 6.04 Å². The fourth-order valence-electron chi connectivity index (χ4n) is 3.87. The molecule has 0 aromatic heterocycles. The standard InChI is InChI=1S/C19H26N4O4.ClH/c24-18(21-7-11-22-9-5-20-6-10-22)15-2-1-8-23(15)19(25)14-3-4-16-17(12-14)27-13-26-16;/h3-4,12,15,20H,1-2,5-11,13H2,(H,21,24);1H. The van der Waals surface area contributed by atoms with Gasteiger partial charge in [0.15, 0.2) is 11.5 Å². The molecular weight excluding hydrogens is 384 g/mol. The van der Waals surface area contributed by atoms with Crippen LogP contribution in [0.2, 0.25) is 0 Å². The fourth-order valence-corrected chi connectivity index (χ4v) is 3.87. The summed E-state index contributed by atoms with van der Waals surface area (Å²) in [4.78, 5) is 29.6. The lowest BCUT2D eigenvalue weighted by molar-refractivity contribution is -0.124. The Morgan fingerprint density at radius 1 is 1.14 bits per heavy atom. The molecule has 0 saturated carbocycles. The molecule has 0 radical (unpaired) electrons. The number of amides is 2. The zero-order valence-electron chi connectivity index (χ0n) is 15.8. The molecule has 2 N–H and O–H groups in total. The number of halogens is 1. The number of fused-ring (bicyclic) bond motifs is 1. The first-order valence-electron chi connectivity index (χ1n) is 9.64. The number of nitrogens with one attached hydrogen (secondary N) is 2. The second-order valence-corrected chi connectivity index (χ2v) is 7.11. The van der Waals surface area contributed by atoms with Crippen molar-refractivity contribution in [3.05, 3.63) is 23.8 Å². The van der Waals surface area contributed by atoms with Gasteiger partial charge in [-0.05, 0) is 31.0 Å². The number of benzene rings is 1. The van der Waals surface area contributed by atoms with Crippen molar-refractivity contribution in [1.82, 2.24) is 20.4 Å². The lowest BCUT2D eigenvalue weighted by Gasteiger charge is -2.28. The Bertz CT molecular complexity index is 711. The van der Waals surface area contributed by atoms with Crippen LogP contribution < -0.4 is 20.1 Å². The van der Waals surface area contributed by atoms with Crippen LogP contribution in [0.1, 0.15) is 23.2 Å². The third-order valence-corrected chi connectivity index (χ3v) is 5.37. The molecule has 3 heterocycles. The molecule has 0 aliphatic carbocycles. The normalized spacial score (nSPS) is 21.3. The number of carbonyl (C=O) groups is 2. The van der Waals surface area contributed by atoms with E-state index >= 15 is 0 Å². The van der Waals surface area contributed by atoms with Crippen LogP contribution >= 0.6 is 12.4 Å². The summed E-state index contributed by atoms with van der Waals surface area (Å²) in [5, 5.41) is 6.33. The van der Waals surface area contributed by atoms with Gasteiger partial charge in [-0.15, -0.1) is 12.4 Å². The molecule has 0 spiro atoms. The van der Waals surface area contributed by atoms with E-state index in [1.165, 1.54) is 0 Å². The van der Waals surface area contributed by atoms with Gasteiger partial charge in [0.05, 0.1) is 0 Å². The number of hydrogen-bond acceptors (Lipinski definition) is 6. The van der Waals surface area contributed by atoms with E-state index in [1.807, 2.05) is 0 Å². The molecule has 9 heteroatoms. The highest BCUT2D eigenvalue weighted by molar-refractivity contribution is 5.98. The molecule has 1 atom stereocenters. The predicted octanol–water partition coefficient (Wildman–Crippen LogP) is 0.463. The predicted molar refractivity (Wildman–Crippen MR) is 106 cm³/mol. The Kier molecular flexibility index (Phi) is 6.98. The summed E-state index contributed by atoms with van der Waals surface area (Å²) in [5.41, 5.74) is 0.528. The Morgan fingerprint density at radius 2 is 1.93 bits per heavy atom. The van der Waals surface area contributed by atoms with Gasteiger partial charge in [-0.25, -0.2) is 0 Å². The van der Waals surface area contributed by atoms with Crippen molar-refractivity contribution in [1.29, 1.82) is 0 Å². The maximum Gasteiger partial charge on any atom is 0.254 e. The molecule has 1 aromatic rings. The molecule has 3 aliphatic rings. The van der Waals surface area contributed by atoms with Crippen molar-refractivity contribution in [3.63, 3.8) is 0 Å². The quantitative estimate of drug-likeness (QED) is 0.734. The molecule has 3 aliphatic heterocycles. The van der Waals surface area contributed by atoms with Crippen LogP contribution in [0.5, 0.6) is 11.5 Å². The van der Waals surface area contributed by atoms with E-state index in [0.29, 0.717) is 36.6 Å². The Labute approximate surface area is 170 Å². The first-order chi connectivity index (χ1) is 13.2. The highest BCUT2D eigenvalue weighted by Crippen LogP contribution is 2.33. The van der Waals surface area contributed by atoms with Gasteiger partial charge in [0.25, 0.3) is 5.91 Å². The fraction of sp³-hybridized carbons (Fsp3) is 0.579. The number of likely N-dealkylation sites (tertiary alicyclic amines) is 1. The van der Waals surface area contributed by atoms with Crippen LogP contribution in [0.3, 0.4) is 0 Å². The largest absolute Gasteiger partial charge is 0.454 e. The topological polar surface area (TPSA) is 83.1 Å². The molecule has 4 rings (SSSR count). The van der Waals surface area contributed by atoms with E-state index in [2.05, 4.69) is 15.5 Å². The van der Waals surface area contributed by atoms with Gasteiger partial charge in [0.1, 0.15) is 6.04 Å². The summed E-state index contributed by atoms with van der Waals surface area (Å²) in [7, 11) is 0. The molecule has 2 amide bonds. The number of carbonyl (C=O) groups excluding carboxylic acids is 2. The molecule has 28 heavy (non-hydrogen) atoms. The third-order valence-electron chi connectivity index (χ3n) is 5.37. The monoisotopic (exact) mass is 410 g/mol. The van der Waals surface area contributed by atoms with E-state index in [1.54, 1.807) is 23.1 Å². The van der Waals surface area contributed by atoms with Crippen LogP contribution in [0.4, 0.5) is 0 Å². The van der Waals surface area contributed by atoms with Gasteiger partial charge in [0.2, 0.25) is 12.7 Å². The highest BCUT2D eigenvalue weighted by Gasteiger charge is 2.34. The van der Waals surface area contributed by atoms with E-state index in [0.717, 1.165) is 39.1 Å². The Morgan fingerprint density at radius 3 is 2.75 bits per heavy atom. The molecule has 8 nitrogen and oxygen atoms in total.